The molecule has 3 aromatic rings. The third-order valence-corrected chi connectivity index (χ3v) is 4.30. The zero-order valence-electron chi connectivity index (χ0n) is 14.2. The Hall–Kier alpha value is -3.22. The van der Waals surface area contributed by atoms with Gasteiger partial charge in [0.05, 0.1) is 0 Å². The van der Waals surface area contributed by atoms with Crippen molar-refractivity contribution < 1.29 is 4.39 Å². The first kappa shape index (κ1) is 16.3. The molecule has 6 nitrogen and oxygen atoms in total. The van der Waals surface area contributed by atoms with E-state index in [4.69, 9.17) is 0 Å². The van der Waals surface area contributed by atoms with Crippen molar-refractivity contribution in [1.82, 2.24) is 15.0 Å². The van der Waals surface area contributed by atoms with Crippen LogP contribution in [0.15, 0.2) is 60.9 Å². The molecule has 0 amide bonds. The molecule has 0 spiro atoms. The summed E-state index contributed by atoms with van der Waals surface area (Å²) in [5.41, 5.74) is 0.788. The second-order valence-electron chi connectivity index (χ2n) is 6.04. The van der Waals surface area contributed by atoms with Crippen molar-refractivity contribution in [2.75, 3.05) is 41.3 Å². The number of hydrogen-bond acceptors (Lipinski definition) is 6. The molecule has 26 heavy (non-hydrogen) atoms. The van der Waals surface area contributed by atoms with Crippen LogP contribution in [0.2, 0.25) is 0 Å². The molecule has 0 radical (unpaired) electrons. The third kappa shape index (κ3) is 3.72. The molecule has 1 saturated heterocycles. The number of hydrogen-bond donors (Lipinski definition) is 1. The smallest absolute Gasteiger partial charge is 0.227 e. The van der Waals surface area contributed by atoms with E-state index in [1.54, 1.807) is 24.4 Å². The van der Waals surface area contributed by atoms with Crippen molar-refractivity contribution in [3.05, 3.63) is 66.7 Å². The van der Waals surface area contributed by atoms with Gasteiger partial charge in [-0.05, 0) is 42.5 Å². The van der Waals surface area contributed by atoms with Crippen molar-refractivity contribution in [1.29, 1.82) is 0 Å². The van der Waals surface area contributed by atoms with Crippen LogP contribution in [0.1, 0.15) is 0 Å². The first-order valence-corrected chi connectivity index (χ1v) is 8.54. The van der Waals surface area contributed by atoms with E-state index in [2.05, 4.69) is 30.1 Å². The van der Waals surface area contributed by atoms with E-state index in [1.807, 2.05) is 24.4 Å². The summed E-state index contributed by atoms with van der Waals surface area (Å²) in [5.74, 6) is 2.12. The predicted molar refractivity (Wildman–Crippen MR) is 100 cm³/mol. The lowest BCUT2D eigenvalue weighted by Crippen LogP contribution is -2.47. The van der Waals surface area contributed by atoms with E-state index in [0.29, 0.717) is 11.8 Å². The molecule has 7 heteroatoms. The average molecular weight is 350 g/mol. The Labute approximate surface area is 151 Å². The number of nitrogens with zero attached hydrogens (tertiary/aromatic N) is 5. The van der Waals surface area contributed by atoms with Gasteiger partial charge in [0.15, 0.2) is 0 Å². The molecule has 2 aromatic heterocycles. The van der Waals surface area contributed by atoms with Crippen LogP contribution in [0.4, 0.5) is 27.7 Å². The molecule has 1 aromatic carbocycles. The number of piperazine rings is 1. The van der Waals surface area contributed by atoms with Crippen LogP contribution >= 0.6 is 0 Å². The highest BCUT2D eigenvalue weighted by atomic mass is 19.1. The first-order valence-electron chi connectivity index (χ1n) is 8.54. The van der Waals surface area contributed by atoms with E-state index < -0.39 is 0 Å². The van der Waals surface area contributed by atoms with Crippen LogP contribution < -0.4 is 15.1 Å². The standard InChI is InChI=1S/C19H19FN6/c20-15-4-6-16(7-5-15)23-17-8-10-22-19(24-17)26-13-11-25(12-14-26)18-3-1-2-9-21-18/h1-10H,11-14H2,(H,22,23,24). The van der Waals surface area contributed by atoms with Crippen molar-refractivity contribution in [2.45, 2.75) is 0 Å². The van der Waals surface area contributed by atoms with Gasteiger partial charge in [-0.25, -0.2) is 14.4 Å². The van der Waals surface area contributed by atoms with Gasteiger partial charge in [-0.15, -0.1) is 0 Å². The number of benzene rings is 1. The van der Waals surface area contributed by atoms with Crippen LogP contribution in [-0.4, -0.2) is 41.1 Å². The van der Waals surface area contributed by atoms with Crippen LogP contribution in [0.25, 0.3) is 0 Å². The summed E-state index contributed by atoms with van der Waals surface area (Å²) in [4.78, 5) is 17.8. The lowest BCUT2D eigenvalue weighted by Gasteiger charge is -2.35. The highest BCUT2D eigenvalue weighted by Gasteiger charge is 2.20. The Morgan fingerprint density at radius 1 is 0.808 bits per heavy atom. The fraction of sp³-hybridized carbons (Fsp3) is 0.211. The Bertz CT molecular complexity index is 847. The molecule has 1 aliphatic heterocycles. The molecule has 0 saturated carbocycles. The van der Waals surface area contributed by atoms with Gasteiger partial charge in [0, 0.05) is 44.3 Å². The number of pyridine rings is 1. The van der Waals surface area contributed by atoms with Crippen molar-refractivity contribution in [2.24, 2.45) is 0 Å². The van der Waals surface area contributed by atoms with Crippen LogP contribution in [0.3, 0.4) is 0 Å². The summed E-state index contributed by atoms with van der Waals surface area (Å²) < 4.78 is 13.0. The zero-order chi connectivity index (χ0) is 17.8. The highest BCUT2D eigenvalue weighted by molar-refractivity contribution is 5.57. The molecular formula is C19H19FN6. The topological polar surface area (TPSA) is 57.2 Å². The second kappa shape index (κ2) is 7.35. The Balaban J connectivity index is 1.42. The lowest BCUT2D eigenvalue weighted by atomic mass is 10.3. The normalized spacial score (nSPS) is 14.3. The van der Waals surface area contributed by atoms with Gasteiger partial charge < -0.3 is 15.1 Å². The van der Waals surface area contributed by atoms with Crippen LogP contribution in [0.5, 0.6) is 0 Å². The molecule has 132 valence electrons. The number of aromatic nitrogens is 3. The van der Waals surface area contributed by atoms with Gasteiger partial charge >= 0.3 is 0 Å². The number of halogens is 1. The molecule has 1 aliphatic rings. The highest BCUT2D eigenvalue weighted by Crippen LogP contribution is 2.19. The Kier molecular flexibility index (Phi) is 4.59. The molecule has 1 N–H and O–H groups in total. The van der Waals surface area contributed by atoms with Crippen LogP contribution in [0, 0.1) is 5.82 Å². The number of anilines is 4. The van der Waals surface area contributed by atoms with E-state index in [1.165, 1.54) is 12.1 Å². The quantitative estimate of drug-likeness (QED) is 0.780. The summed E-state index contributed by atoms with van der Waals surface area (Å²) in [5, 5.41) is 3.18. The lowest BCUT2D eigenvalue weighted by molar-refractivity contribution is 0.628. The molecule has 0 atom stereocenters. The van der Waals surface area contributed by atoms with Gasteiger partial charge in [-0.1, -0.05) is 6.07 Å². The van der Waals surface area contributed by atoms with Gasteiger partial charge in [0.25, 0.3) is 0 Å². The minimum Gasteiger partial charge on any atom is -0.353 e. The minimum atomic E-state index is -0.260. The van der Waals surface area contributed by atoms with Gasteiger partial charge in [0.1, 0.15) is 17.5 Å². The maximum atomic E-state index is 13.0. The third-order valence-electron chi connectivity index (χ3n) is 4.30. The summed E-state index contributed by atoms with van der Waals surface area (Å²) in [6.07, 6.45) is 3.55. The fourth-order valence-corrected chi connectivity index (χ4v) is 2.93. The van der Waals surface area contributed by atoms with Crippen molar-refractivity contribution >= 4 is 23.3 Å². The van der Waals surface area contributed by atoms with E-state index >= 15 is 0 Å². The summed E-state index contributed by atoms with van der Waals surface area (Å²) >= 11 is 0. The molecule has 1 fully saturated rings. The molecule has 0 unspecified atom stereocenters. The van der Waals surface area contributed by atoms with Crippen molar-refractivity contribution in [3.63, 3.8) is 0 Å². The van der Waals surface area contributed by atoms with Gasteiger partial charge in [-0.2, -0.15) is 4.98 Å². The predicted octanol–water partition coefficient (Wildman–Crippen LogP) is 3.08. The van der Waals surface area contributed by atoms with Crippen molar-refractivity contribution in [3.8, 4) is 0 Å². The molecule has 4 rings (SSSR count). The van der Waals surface area contributed by atoms with E-state index in [-0.39, 0.29) is 5.82 Å². The molecule has 0 bridgehead atoms. The Morgan fingerprint density at radius 3 is 2.31 bits per heavy atom. The average Bonchev–Trinajstić information content (AvgIpc) is 2.71. The molecule has 0 aliphatic carbocycles. The SMILES string of the molecule is Fc1ccc(Nc2ccnc(N3CCN(c4ccccn4)CC3)n2)cc1. The summed E-state index contributed by atoms with van der Waals surface area (Å²) in [7, 11) is 0. The van der Waals surface area contributed by atoms with Crippen LogP contribution in [-0.2, 0) is 0 Å². The first-order chi connectivity index (χ1) is 12.8. The Morgan fingerprint density at radius 2 is 1.58 bits per heavy atom. The molecule has 3 heterocycles. The summed E-state index contributed by atoms with van der Waals surface area (Å²) in [6, 6.07) is 14.0. The number of rotatable bonds is 4. The van der Waals surface area contributed by atoms with Gasteiger partial charge in [-0.3, -0.25) is 0 Å². The zero-order valence-corrected chi connectivity index (χ0v) is 14.2. The summed E-state index contributed by atoms with van der Waals surface area (Å²) in [6.45, 7) is 3.40. The van der Waals surface area contributed by atoms with Gasteiger partial charge in [0.2, 0.25) is 5.95 Å². The molecular weight excluding hydrogens is 331 g/mol. The number of nitrogens with one attached hydrogen (secondary N) is 1. The minimum absolute atomic E-state index is 0.260. The largest absolute Gasteiger partial charge is 0.353 e. The maximum Gasteiger partial charge on any atom is 0.227 e. The monoisotopic (exact) mass is 350 g/mol. The van der Waals surface area contributed by atoms with E-state index in [0.717, 1.165) is 37.7 Å². The maximum absolute atomic E-state index is 13.0. The fourth-order valence-electron chi connectivity index (χ4n) is 2.93. The second-order valence-corrected chi connectivity index (χ2v) is 6.04. The van der Waals surface area contributed by atoms with E-state index in [9.17, 15) is 4.39 Å².